The minimum atomic E-state index is -0.368. The van der Waals surface area contributed by atoms with Gasteiger partial charge in [-0.1, -0.05) is 0 Å². The Kier molecular flexibility index (Phi) is 6.74. The van der Waals surface area contributed by atoms with Crippen LogP contribution in [0.5, 0.6) is 0 Å². The molecular weight excluding hydrogens is 254 g/mol. The maximum atomic E-state index is 11.4. The van der Waals surface area contributed by atoms with Gasteiger partial charge in [-0.2, -0.15) is 23.5 Å². The van der Waals surface area contributed by atoms with Gasteiger partial charge < -0.3 is 10.1 Å². The van der Waals surface area contributed by atoms with Gasteiger partial charge in [0, 0.05) is 35.6 Å². The molecule has 0 aromatic heterocycles. The normalized spacial score (nSPS) is 21.2. The lowest BCUT2D eigenvalue weighted by molar-refractivity contribution is -0.154. The van der Waals surface area contributed by atoms with Gasteiger partial charge in [0.1, 0.15) is 5.60 Å². The quantitative estimate of drug-likeness (QED) is 0.616. The first-order chi connectivity index (χ1) is 7.97. The number of rotatable bonds is 5. The lowest BCUT2D eigenvalue weighted by Crippen LogP contribution is -2.31. The highest BCUT2D eigenvalue weighted by Crippen LogP contribution is 2.23. The molecule has 17 heavy (non-hydrogen) atoms. The van der Waals surface area contributed by atoms with Crippen molar-refractivity contribution in [3.05, 3.63) is 0 Å². The molecule has 0 amide bonds. The highest BCUT2D eigenvalue weighted by atomic mass is 32.2. The third-order valence-electron chi connectivity index (χ3n) is 2.18. The summed E-state index contributed by atoms with van der Waals surface area (Å²) < 4.78 is 5.24. The molecule has 1 saturated heterocycles. The predicted molar refractivity (Wildman–Crippen MR) is 76.9 cm³/mol. The number of carbonyl (C=O) groups is 1. The Morgan fingerprint density at radius 1 is 1.41 bits per heavy atom. The first-order valence-electron chi connectivity index (χ1n) is 6.09. The van der Waals surface area contributed by atoms with Gasteiger partial charge in [-0.3, -0.25) is 4.79 Å². The van der Waals surface area contributed by atoms with Gasteiger partial charge in [0.15, 0.2) is 0 Å². The van der Waals surface area contributed by atoms with Crippen molar-refractivity contribution < 1.29 is 9.53 Å². The van der Waals surface area contributed by atoms with E-state index in [9.17, 15) is 4.79 Å². The molecule has 1 aliphatic rings. The Balaban J connectivity index is 2.01. The van der Waals surface area contributed by atoms with Crippen molar-refractivity contribution in [2.45, 2.75) is 38.0 Å². The second-order valence-corrected chi connectivity index (χ2v) is 7.67. The fourth-order valence-electron chi connectivity index (χ4n) is 1.50. The van der Waals surface area contributed by atoms with Gasteiger partial charge in [-0.05, 0) is 20.8 Å². The molecule has 1 fully saturated rings. The van der Waals surface area contributed by atoms with Crippen molar-refractivity contribution in [3.8, 4) is 0 Å². The van der Waals surface area contributed by atoms with E-state index in [0.717, 1.165) is 13.1 Å². The van der Waals surface area contributed by atoms with Crippen molar-refractivity contribution in [1.82, 2.24) is 5.32 Å². The molecule has 1 aliphatic heterocycles. The summed E-state index contributed by atoms with van der Waals surface area (Å²) in [6.45, 7) is 7.41. The average Bonchev–Trinajstić information content (AvgIpc) is 2.23. The molecule has 1 rings (SSSR count). The first-order valence-corrected chi connectivity index (χ1v) is 8.29. The van der Waals surface area contributed by atoms with Gasteiger partial charge in [0.2, 0.25) is 0 Å². The second-order valence-electron chi connectivity index (χ2n) is 5.11. The largest absolute Gasteiger partial charge is 0.460 e. The molecule has 1 atom stereocenters. The molecule has 3 nitrogen and oxygen atoms in total. The van der Waals surface area contributed by atoms with Crippen molar-refractivity contribution in [1.29, 1.82) is 0 Å². The van der Waals surface area contributed by atoms with E-state index in [4.69, 9.17) is 4.74 Å². The van der Waals surface area contributed by atoms with Crippen molar-refractivity contribution >= 4 is 29.5 Å². The van der Waals surface area contributed by atoms with Gasteiger partial charge in [0.05, 0.1) is 6.42 Å². The van der Waals surface area contributed by atoms with Crippen LogP contribution in [0.1, 0.15) is 27.2 Å². The summed E-state index contributed by atoms with van der Waals surface area (Å²) >= 11 is 4.06. The average molecular weight is 277 g/mol. The third-order valence-corrected chi connectivity index (χ3v) is 5.03. The molecule has 100 valence electrons. The number of ether oxygens (including phenoxy) is 1. The summed E-state index contributed by atoms with van der Waals surface area (Å²) in [4.78, 5) is 11.4. The van der Waals surface area contributed by atoms with Crippen molar-refractivity contribution in [2.24, 2.45) is 0 Å². The number of nitrogens with one attached hydrogen (secondary N) is 1. The highest BCUT2D eigenvalue weighted by Gasteiger charge is 2.16. The molecule has 0 aromatic rings. The first kappa shape index (κ1) is 15.2. The van der Waals surface area contributed by atoms with Crippen LogP contribution in [0.3, 0.4) is 0 Å². The van der Waals surface area contributed by atoms with Gasteiger partial charge in [-0.15, -0.1) is 0 Å². The van der Waals surface area contributed by atoms with Crippen LogP contribution < -0.4 is 5.32 Å². The lowest BCUT2D eigenvalue weighted by atomic mass is 10.2. The summed E-state index contributed by atoms with van der Waals surface area (Å²) in [7, 11) is 0. The number of esters is 1. The van der Waals surface area contributed by atoms with E-state index < -0.39 is 0 Å². The number of carbonyl (C=O) groups excluding carboxylic acids is 1. The van der Waals surface area contributed by atoms with E-state index >= 15 is 0 Å². The Morgan fingerprint density at radius 2 is 2.18 bits per heavy atom. The molecule has 1 heterocycles. The summed E-state index contributed by atoms with van der Waals surface area (Å²) in [5, 5.41) is 4.04. The van der Waals surface area contributed by atoms with Crippen LogP contribution in [0.15, 0.2) is 0 Å². The Bertz CT molecular complexity index is 235. The van der Waals surface area contributed by atoms with Crippen LogP contribution in [0, 0.1) is 0 Å². The van der Waals surface area contributed by atoms with Crippen LogP contribution in [0.25, 0.3) is 0 Å². The third kappa shape index (κ3) is 7.95. The molecule has 0 saturated carbocycles. The van der Waals surface area contributed by atoms with E-state index in [2.05, 4.69) is 5.32 Å². The number of hydrogen-bond acceptors (Lipinski definition) is 5. The molecule has 0 aromatic carbocycles. The molecule has 5 heteroatoms. The summed E-state index contributed by atoms with van der Waals surface area (Å²) in [5.74, 6) is 3.64. The smallest absolute Gasteiger partial charge is 0.307 e. The van der Waals surface area contributed by atoms with Crippen molar-refractivity contribution in [2.75, 3.05) is 30.3 Å². The zero-order chi connectivity index (χ0) is 12.7. The van der Waals surface area contributed by atoms with Crippen LogP contribution in [0.4, 0.5) is 0 Å². The van der Waals surface area contributed by atoms with Gasteiger partial charge in [0.25, 0.3) is 0 Å². The standard InChI is InChI=1S/C12H23NO2S2/c1-12(2,3)15-11(14)4-5-13-8-10-9-16-6-7-17-10/h10,13H,4-9H2,1-3H3. The van der Waals surface area contributed by atoms with Crippen LogP contribution in [-0.2, 0) is 9.53 Å². The van der Waals surface area contributed by atoms with Gasteiger partial charge >= 0.3 is 5.97 Å². The van der Waals surface area contributed by atoms with E-state index in [0.29, 0.717) is 11.7 Å². The van der Waals surface area contributed by atoms with E-state index in [-0.39, 0.29) is 11.6 Å². The fourth-order valence-corrected chi connectivity index (χ4v) is 4.15. The maximum absolute atomic E-state index is 11.4. The lowest BCUT2D eigenvalue weighted by Gasteiger charge is -2.22. The topological polar surface area (TPSA) is 38.3 Å². The van der Waals surface area contributed by atoms with Gasteiger partial charge in [-0.25, -0.2) is 0 Å². The Labute approximate surface area is 113 Å². The van der Waals surface area contributed by atoms with E-state index in [1.165, 1.54) is 17.3 Å². The zero-order valence-corrected chi connectivity index (χ0v) is 12.6. The maximum Gasteiger partial charge on any atom is 0.307 e. The number of thioether (sulfide) groups is 2. The number of hydrogen-bond donors (Lipinski definition) is 1. The molecule has 0 aliphatic carbocycles. The molecule has 0 spiro atoms. The van der Waals surface area contributed by atoms with Crippen LogP contribution in [0.2, 0.25) is 0 Å². The van der Waals surface area contributed by atoms with Crippen LogP contribution in [-0.4, -0.2) is 47.2 Å². The van der Waals surface area contributed by atoms with Crippen LogP contribution >= 0.6 is 23.5 Å². The summed E-state index contributed by atoms with van der Waals surface area (Å²) in [6.07, 6.45) is 0.460. The molecule has 1 unspecified atom stereocenters. The fraction of sp³-hybridized carbons (Fsp3) is 0.917. The minimum Gasteiger partial charge on any atom is -0.460 e. The minimum absolute atomic E-state index is 0.115. The molecular formula is C12H23NO2S2. The highest BCUT2D eigenvalue weighted by molar-refractivity contribution is 8.06. The van der Waals surface area contributed by atoms with E-state index in [1.54, 1.807) is 0 Å². The SMILES string of the molecule is CC(C)(C)OC(=O)CCNCC1CSCCS1. The zero-order valence-electron chi connectivity index (χ0n) is 11.0. The monoisotopic (exact) mass is 277 g/mol. The van der Waals surface area contributed by atoms with E-state index in [1.807, 2.05) is 44.3 Å². The second kappa shape index (κ2) is 7.54. The van der Waals surface area contributed by atoms with Crippen molar-refractivity contribution in [3.63, 3.8) is 0 Å². The molecule has 1 N–H and O–H groups in total. The Morgan fingerprint density at radius 3 is 2.76 bits per heavy atom. The Hall–Kier alpha value is 0.130. The molecule has 0 radical (unpaired) electrons. The summed E-state index contributed by atoms with van der Waals surface area (Å²) in [6, 6.07) is 0. The molecule has 0 bridgehead atoms. The summed E-state index contributed by atoms with van der Waals surface area (Å²) in [5.41, 5.74) is -0.368. The predicted octanol–water partition coefficient (Wildman–Crippen LogP) is 2.16.